The van der Waals surface area contributed by atoms with Crippen LogP contribution in [0.4, 0.5) is 11.4 Å². The highest BCUT2D eigenvalue weighted by Gasteiger charge is 2.16. The molecule has 2 atom stereocenters. The van der Waals surface area contributed by atoms with Gasteiger partial charge in [0.05, 0.1) is 11.0 Å². The summed E-state index contributed by atoms with van der Waals surface area (Å²) in [4.78, 5) is 0. The van der Waals surface area contributed by atoms with Crippen LogP contribution in [0.25, 0.3) is 27.5 Å². The van der Waals surface area contributed by atoms with E-state index in [0.29, 0.717) is 11.8 Å². The molecule has 5 aromatic rings. The smallest absolute Gasteiger partial charge is 0.0561 e. The Morgan fingerprint density at radius 1 is 0.636 bits per heavy atom. The number of para-hydroxylation sites is 2. The van der Waals surface area contributed by atoms with Crippen molar-refractivity contribution in [3.8, 4) is 5.69 Å². The zero-order valence-electron chi connectivity index (χ0n) is 18.6. The van der Waals surface area contributed by atoms with Gasteiger partial charge in [-0.3, -0.25) is 0 Å². The summed E-state index contributed by atoms with van der Waals surface area (Å²) in [6.07, 6.45) is 8.86. The van der Waals surface area contributed by atoms with Crippen LogP contribution in [0, 0.1) is 5.92 Å². The fourth-order valence-corrected chi connectivity index (χ4v) is 4.99. The zero-order chi connectivity index (χ0) is 22.2. The number of nitrogens with zero attached hydrogens (tertiary/aromatic N) is 1. The molecular formula is C31H26N2. The van der Waals surface area contributed by atoms with Gasteiger partial charge in [0.25, 0.3) is 0 Å². The molecule has 33 heavy (non-hydrogen) atoms. The Morgan fingerprint density at radius 3 is 2.15 bits per heavy atom. The summed E-state index contributed by atoms with van der Waals surface area (Å²) in [5.41, 5.74) is 7.15. The second kappa shape index (κ2) is 8.14. The van der Waals surface area contributed by atoms with Crippen molar-refractivity contribution in [2.75, 3.05) is 5.32 Å². The van der Waals surface area contributed by atoms with Gasteiger partial charge in [0.2, 0.25) is 0 Å². The molecule has 0 saturated carbocycles. The Labute approximate surface area is 194 Å². The Kier molecular flexibility index (Phi) is 4.84. The molecule has 1 aliphatic rings. The van der Waals surface area contributed by atoms with Gasteiger partial charge in [0, 0.05) is 33.8 Å². The minimum absolute atomic E-state index is 0.446. The van der Waals surface area contributed by atoms with Crippen molar-refractivity contribution in [3.05, 3.63) is 127 Å². The first kappa shape index (κ1) is 19.6. The normalized spacial score (nSPS) is 17.6. The average Bonchev–Trinajstić information content (AvgIpc) is 3.19. The van der Waals surface area contributed by atoms with Crippen molar-refractivity contribution in [2.24, 2.45) is 5.92 Å². The largest absolute Gasteiger partial charge is 0.355 e. The van der Waals surface area contributed by atoms with E-state index < -0.39 is 0 Å². The average molecular weight is 427 g/mol. The molecule has 0 aliphatic heterocycles. The number of anilines is 2. The van der Waals surface area contributed by atoms with Gasteiger partial charge < -0.3 is 9.88 Å². The van der Waals surface area contributed by atoms with Gasteiger partial charge in [-0.25, -0.2) is 0 Å². The van der Waals surface area contributed by atoms with Crippen LogP contribution in [0.3, 0.4) is 0 Å². The first-order valence-electron chi connectivity index (χ1n) is 11.6. The third-order valence-corrected chi connectivity index (χ3v) is 6.68. The van der Waals surface area contributed by atoms with Crippen LogP contribution in [-0.4, -0.2) is 4.57 Å². The van der Waals surface area contributed by atoms with Crippen molar-refractivity contribution in [2.45, 2.75) is 12.8 Å². The number of rotatable bonds is 4. The lowest BCUT2D eigenvalue weighted by atomic mass is 9.84. The lowest BCUT2D eigenvalue weighted by molar-refractivity contribution is 0.635. The van der Waals surface area contributed by atoms with E-state index in [1.54, 1.807) is 0 Å². The van der Waals surface area contributed by atoms with Gasteiger partial charge in [-0.15, -0.1) is 0 Å². The Bertz CT molecular complexity index is 1490. The maximum Gasteiger partial charge on any atom is 0.0561 e. The van der Waals surface area contributed by atoms with Gasteiger partial charge in [-0.1, -0.05) is 85.8 Å². The molecule has 0 radical (unpaired) electrons. The molecule has 1 aromatic heterocycles. The van der Waals surface area contributed by atoms with Crippen molar-refractivity contribution in [3.63, 3.8) is 0 Å². The molecule has 4 aromatic carbocycles. The Hall–Kier alpha value is -4.04. The highest BCUT2D eigenvalue weighted by atomic mass is 15.0. The van der Waals surface area contributed by atoms with Crippen LogP contribution >= 0.6 is 0 Å². The Balaban J connectivity index is 1.37. The number of aromatic nitrogens is 1. The van der Waals surface area contributed by atoms with Gasteiger partial charge in [-0.2, -0.15) is 0 Å². The standard InChI is InChI=1S/C31H26N2/c1-22-9-5-6-12-27(22)23-15-17-24(18-16-23)32-25-19-20-29-28-13-7-8-14-30(28)33(31(29)21-25)26-10-3-2-4-11-26/h2-22,27,32H,1H3. The van der Waals surface area contributed by atoms with Gasteiger partial charge in [-0.05, 0) is 53.9 Å². The van der Waals surface area contributed by atoms with Crippen LogP contribution in [0.15, 0.2) is 121 Å². The van der Waals surface area contributed by atoms with E-state index in [0.717, 1.165) is 11.4 Å². The third-order valence-electron chi connectivity index (χ3n) is 6.68. The van der Waals surface area contributed by atoms with Gasteiger partial charge >= 0.3 is 0 Å². The molecule has 1 N–H and O–H groups in total. The topological polar surface area (TPSA) is 17.0 Å². The molecule has 0 saturated heterocycles. The maximum atomic E-state index is 3.62. The number of hydrogen-bond donors (Lipinski definition) is 1. The van der Waals surface area contributed by atoms with E-state index in [1.165, 1.54) is 33.1 Å². The Morgan fingerprint density at radius 2 is 1.33 bits per heavy atom. The summed E-state index contributed by atoms with van der Waals surface area (Å²) < 4.78 is 2.35. The van der Waals surface area contributed by atoms with Crippen molar-refractivity contribution < 1.29 is 0 Å². The highest BCUT2D eigenvalue weighted by molar-refractivity contribution is 6.10. The van der Waals surface area contributed by atoms with Crippen LogP contribution in [0.5, 0.6) is 0 Å². The fraction of sp³-hybridized carbons (Fsp3) is 0.0968. The van der Waals surface area contributed by atoms with Crippen LogP contribution in [-0.2, 0) is 0 Å². The molecule has 0 spiro atoms. The predicted molar refractivity (Wildman–Crippen MR) is 141 cm³/mol. The number of nitrogens with one attached hydrogen (secondary N) is 1. The number of fused-ring (bicyclic) bond motifs is 3. The molecule has 2 nitrogen and oxygen atoms in total. The minimum Gasteiger partial charge on any atom is -0.355 e. The zero-order valence-corrected chi connectivity index (χ0v) is 18.6. The first-order valence-corrected chi connectivity index (χ1v) is 11.6. The second-order valence-electron chi connectivity index (χ2n) is 8.82. The van der Waals surface area contributed by atoms with E-state index >= 15 is 0 Å². The third kappa shape index (κ3) is 3.54. The van der Waals surface area contributed by atoms with Crippen molar-refractivity contribution >= 4 is 33.2 Å². The summed E-state index contributed by atoms with van der Waals surface area (Å²) in [6, 6.07) is 34.7. The lowest BCUT2D eigenvalue weighted by Gasteiger charge is -2.21. The van der Waals surface area contributed by atoms with E-state index in [1.807, 2.05) is 0 Å². The first-order chi connectivity index (χ1) is 16.3. The van der Waals surface area contributed by atoms with Crippen LogP contribution in [0.2, 0.25) is 0 Å². The fourth-order valence-electron chi connectivity index (χ4n) is 4.99. The van der Waals surface area contributed by atoms with Crippen LogP contribution in [0.1, 0.15) is 18.4 Å². The minimum atomic E-state index is 0.446. The molecule has 2 unspecified atom stereocenters. The molecule has 0 amide bonds. The molecule has 2 heteroatoms. The molecule has 160 valence electrons. The number of hydrogen-bond acceptors (Lipinski definition) is 1. The van der Waals surface area contributed by atoms with Gasteiger partial charge in [0.1, 0.15) is 0 Å². The quantitative estimate of drug-likeness (QED) is 0.305. The van der Waals surface area contributed by atoms with Gasteiger partial charge in [0.15, 0.2) is 0 Å². The number of allylic oxidation sites excluding steroid dienone is 4. The lowest BCUT2D eigenvalue weighted by Crippen LogP contribution is -2.07. The second-order valence-corrected chi connectivity index (χ2v) is 8.82. The maximum absolute atomic E-state index is 3.62. The summed E-state index contributed by atoms with van der Waals surface area (Å²) in [5, 5.41) is 6.15. The summed E-state index contributed by atoms with van der Waals surface area (Å²) in [7, 11) is 0. The monoisotopic (exact) mass is 426 g/mol. The van der Waals surface area contributed by atoms with E-state index in [2.05, 4.69) is 138 Å². The summed E-state index contributed by atoms with van der Waals surface area (Å²) >= 11 is 0. The molecular weight excluding hydrogens is 400 g/mol. The van der Waals surface area contributed by atoms with E-state index in [4.69, 9.17) is 0 Å². The molecule has 1 heterocycles. The summed E-state index contributed by atoms with van der Waals surface area (Å²) in [6.45, 7) is 2.28. The molecule has 1 aliphatic carbocycles. The number of benzene rings is 4. The van der Waals surface area contributed by atoms with Crippen LogP contribution < -0.4 is 5.32 Å². The van der Waals surface area contributed by atoms with Crippen molar-refractivity contribution in [1.29, 1.82) is 0 Å². The van der Waals surface area contributed by atoms with E-state index in [-0.39, 0.29) is 0 Å². The summed E-state index contributed by atoms with van der Waals surface area (Å²) in [5.74, 6) is 0.970. The highest BCUT2D eigenvalue weighted by Crippen LogP contribution is 2.35. The predicted octanol–water partition coefficient (Wildman–Crippen LogP) is 8.37. The SMILES string of the molecule is CC1C=CC=CC1c1ccc(Nc2ccc3c4ccccc4n(-c4ccccc4)c3c2)cc1. The molecule has 0 fully saturated rings. The molecule has 6 rings (SSSR count). The molecule has 0 bridgehead atoms. The van der Waals surface area contributed by atoms with E-state index in [9.17, 15) is 0 Å². The van der Waals surface area contributed by atoms with Crippen molar-refractivity contribution in [1.82, 2.24) is 4.57 Å².